The van der Waals surface area contributed by atoms with Crippen LogP contribution in [-0.2, 0) is 9.59 Å². The Morgan fingerprint density at radius 2 is 2.05 bits per heavy atom. The highest BCUT2D eigenvalue weighted by Gasteiger charge is 2.19. The van der Waals surface area contributed by atoms with Crippen LogP contribution in [0.2, 0.25) is 0 Å². The zero-order valence-electron chi connectivity index (χ0n) is 11.1. The van der Waals surface area contributed by atoms with Crippen molar-refractivity contribution in [2.75, 3.05) is 25.5 Å². The second-order valence-corrected chi connectivity index (χ2v) is 4.85. The van der Waals surface area contributed by atoms with Crippen molar-refractivity contribution in [1.29, 1.82) is 0 Å². The van der Waals surface area contributed by atoms with Crippen LogP contribution in [0.4, 0.5) is 10.5 Å². The zero-order chi connectivity index (χ0) is 16.0. The van der Waals surface area contributed by atoms with E-state index in [9.17, 15) is 14.4 Å². The van der Waals surface area contributed by atoms with Crippen molar-refractivity contribution in [3.05, 3.63) is 22.7 Å². The van der Waals surface area contributed by atoms with Crippen molar-refractivity contribution in [3.8, 4) is 5.75 Å². The van der Waals surface area contributed by atoms with Gasteiger partial charge in [-0.25, -0.2) is 4.79 Å². The van der Waals surface area contributed by atoms with Crippen molar-refractivity contribution in [1.82, 2.24) is 4.90 Å². The lowest BCUT2D eigenvalue weighted by atomic mass is 10.3. The number of halogens is 1. The van der Waals surface area contributed by atoms with Gasteiger partial charge in [-0.2, -0.15) is 0 Å². The van der Waals surface area contributed by atoms with Gasteiger partial charge in [-0.1, -0.05) is 0 Å². The molecule has 0 bridgehead atoms. The molecule has 4 N–H and O–H groups in total. The zero-order valence-corrected chi connectivity index (χ0v) is 12.7. The number of urea groups is 1. The molecule has 0 aliphatic carbocycles. The number of anilines is 1. The molecule has 21 heavy (non-hydrogen) atoms. The second kappa shape index (κ2) is 7.48. The molecule has 1 aromatic rings. The number of carbonyl (C=O) groups is 3. The molecule has 114 valence electrons. The third-order valence-electron chi connectivity index (χ3n) is 2.36. The summed E-state index contributed by atoms with van der Waals surface area (Å²) < 4.78 is 5.66. The third-order valence-corrected chi connectivity index (χ3v) is 2.98. The first-order chi connectivity index (χ1) is 9.83. The lowest BCUT2D eigenvalue weighted by Gasteiger charge is -2.19. The van der Waals surface area contributed by atoms with Crippen molar-refractivity contribution < 1.29 is 24.2 Å². The largest absolute Gasteiger partial charge is 0.496 e. The van der Waals surface area contributed by atoms with E-state index in [1.165, 1.54) is 7.11 Å². The fourth-order valence-corrected chi connectivity index (χ4v) is 2.04. The number of nitrogens with two attached hydrogens (primary N) is 1. The van der Waals surface area contributed by atoms with E-state index in [0.29, 0.717) is 15.9 Å². The summed E-state index contributed by atoms with van der Waals surface area (Å²) in [4.78, 5) is 34.3. The number of amides is 3. The van der Waals surface area contributed by atoms with Gasteiger partial charge in [0.25, 0.3) is 0 Å². The number of carboxylic acids is 1. The van der Waals surface area contributed by atoms with Gasteiger partial charge in [-0.3, -0.25) is 9.59 Å². The van der Waals surface area contributed by atoms with Crippen molar-refractivity contribution in [2.24, 2.45) is 5.73 Å². The van der Waals surface area contributed by atoms with Gasteiger partial charge >= 0.3 is 12.0 Å². The molecule has 0 atom stereocenters. The number of ether oxygens (including phenoxy) is 1. The third kappa shape index (κ3) is 5.30. The Labute approximate surface area is 129 Å². The Morgan fingerprint density at radius 3 is 2.52 bits per heavy atom. The summed E-state index contributed by atoms with van der Waals surface area (Å²) in [5, 5.41) is 11.2. The number of carbonyl (C=O) groups excluding carboxylic acids is 2. The van der Waals surface area contributed by atoms with Gasteiger partial charge in [0.15, 0.2) is 0 Å². The quantitative estimate of drug-likeness (QED) is 0.695. The number of aliphatic carboxylic acids is 1. The summed E-state index contributed by atoms with van der Waals surface area (Å²) >= 11 is 3.26. The van der Waals surface area contributed by atoms with Crippen LogP contribution in [0, 0.1) is 0 Å². The van der Waals surface area contributed by atoms with Crippen molar-refractivity contribution in [2.45, 2.75) is 0 Å². The van der Waals surface area contributed by atoms with Gasteiger partial charge < -0.3 is 25.8 Å². The van der Waals surface area contributed by atoms with E-state index in [2.05, 4.69) is 21.2 Å². The van der Waals surface area contributed by atoms with Crippen LogP contribution in [0.25, 0.3) is 0 Å². The lowest BCUT2D eigenvalue weighted by Crippen LogP contribution is -2.43. The number of methoxy groups -OCH3 is 1. The molecule has 0 aliphatic heterocycles. The fraction of sp³-hybridized carbons (Fsp3) is 0.250. The number of primary amides is 1. The molecule has 1 aromatic carbocycles. The van der Waals surface area contributed by atoms with Crippen LogP contribution >= 0.6 is 15.9 Å². The minimum atomic E-state index is -1.25. The molecule has 0 heterocycles. The molecule has 0 saturated carbocycles. The van der Waals surface area contributed by atoms with Crippen LogP contribution in [0.15, 0.2) is 22.7 Å². The summed E-state index contributed by atoms with van der Waals surface area (Å²) in [5.74, 6) is -1.47. The minimum Gasteiger partial charge on any atom is -0.496 e. The van der Waals surface area contributed by atoms with Crippen molar-refractivity contribution in [3.63, 3.8) is 0 Å². The highest BCUT2D eigenvalue weighted by atomic mass is 79.9. The van der Waals surface area contributed by atoms with Gasteiger partial charge in [0.1, 0.15) is 18.8 Å². The number of hydrogen-bond donors (Lipinski definition) is 3. The average molecular weight is 360 g/mol. The Morgan fingerprint density at radius 1 is 1.38 bits per heavy atom. The van der Waals surface area contributed by atoms with Crippen LogP contribution < -0.4 is 15.8 Å². The van der Waals surface area contributed by atoms with E-state index in [1.807, 2.05) is 0 Å². The molecule has 0 aromatic heterocycles. The molecule has 0 spiro atoms. The maximum Gasteiger partial charge on any atom is 0.323 e. The molecule has 1 rings (SSSR count). The second-order valence-electron chi connectivity index (χ2n) is 4.00. The molecule has 0 radical (unpaired) electrons. The molecular weight excluding hydrogens is 346 g/mol. The predicted molar refractivity (Wildman–Crippen MR) is 78.1 cm³/mol. The Balaban J connectivity index is 2.82. The maximum atomic E-state index is 11.9. The predicted octanol–water partition coefficient (Wildman–Crippen LogP) is 0.862. The van der Waals surface area contributed by atoms with E-state index in [4.69, 9.17) is 15.6 Å². The number of carboxylic acid groups (broad SMARTS) is 1. The molecule has 0 saturated heterocycles. The molecule has 9 heteroatoms. The number of hydrogen-bond acceptors (Lipinski definition) is 4. The SMILES string of the molecule is COc1ccc(NC(=O)N(CC(N)=O)CC(=O)O)cc1Br. The first-order valence-electron chi connectivity index (χ1n) is 5.73. The smallest absolute Gasteiger partial charge is 0.323 e. The van der Waals surface area contributed by atoms with Gasteiger partial charge in [0.2, 0.25) is 5.91 Å². The van der Waals surface area contributed by atoms with Crippen LogP contribution in [0.1, 0.15) is 0 Å². The molecule has 0 unspecified atom stereocenters. The van der Waals surface area contributed by atoms with E-state index < -0.39 is 31.0 Å². The minimum absolute atomic E-state index is 0.410. The van der Waals surface area contributed by atoms with E-state index in [0.717, 1.165) is 4.90 Å². The summed E-state index contributed by atoms with van der Waals surface area (Å²) in [7, 11) is 1.50. The number of nitrogens with zero attached hydrogens (tertiary/aromatic N) is 1. The molecule has 8 nitrogen and oxygen atoms in total. The first-order valence-corrected chi connectivity index (χ1v) is 6.52. The summed E-state index contributed by atoms with van der Waals surface area (Å²) in [6.45, 7) is -1.12. The van der Waals surface area contributed by atoms with Gasteiger partial charge in [0, 0.05) is 5.69 Å². The molecular formula is C12H14BrN3O5. The lowest BCUT2D eigenvalue weighted by molar-refractivity contribution is -0.137. The van der Waals surface area contributed by atoms with Crippen LogP contribution in [0.3, 0.4) is 0 Å². The monoisotopic (exact) mass is 359 g/mol. The molecule has 3 amide bonds. The van der Waals surface area contributed by atoms with Gasteiger partial charge in [-0.15, -0.1) is 0 Å². The first kappa shape index (κ1) is 16.8. The van der Waals surface area contributed by atoms with Gasteiger partial charge in [-0.05, 0) is 34.1 Å². The van der Waals surface area contributed by atoms with Crippen LogP contribution in [-0.4, -0.2) is 48.1 Å². The summed E-state index contributed by atoms with van der Waals surface area (Å²) in [6.07, 6.45) is 0. The highest BCUT2D eigenvalue weighted by molar-refractivity contribution is 9.10. The highest BCUT2D eigenvalue weighted by Crippen LogP contribution is 2.27. The Hall–Kier alpha value is -2.29. The Kier molecular flexibility index (Phi) is 5.97. The fourth-order valence-electron chi connectivity index (χ4n) is 1.50. The number of nitrogens with one attached hydrogen (secondary N) is 1. The number of benzene rings is 1. The molecule has 0 aliphatic rings. The van der Waals surface area contributed by atoms with Crippen LogP contribution in [0.5, 0.6) is 5.75 Å². The number of rotatable bonds is 6. The standard InChI is InChI=1S/C12H14BrN3O5/c1-21-9-3-2-7(4-8(9)13)15-12(20)16(5-10(14)17)6-11(18)19/h2-4H,5-6H2,1H3,(H2,14,17)(H,15,20)(H,18,19). The average Bonchev–Trinajstić information content (AvgIpc) is 2.37. The Bertz CT molecular complexity index is 548. The van der Waals surface area contributed by atoms with E-state index >= 15 is 0 Å². The molecule has 0 fully saturated rings. The van der Waals surface area contributed by atoms with Gasteiger partial charge in [0.05, 0.1) is 11.6 Å². The van der Waals surface area contributed by atoms with E-state index in [-0.39, 0.29) is 0 Å². The summed E-state index contributed by atoms with van der Waals surface area (Å²) in [5.41, 5.74) is 5.39. The maximum absolute atomic E-state index is 11.9. The van der Waals surface area contributed by atoms with E-state index in [1.54, 1.807) is 18.2 Å². The van der Waals surface area contributed by atoms with Crippen molar-refractivity contribution >= 4 is 39.5 Å². The summed E-state index contributed by atoms with van der Waals surface area (Å²) in [6, 6.07) is 4.04. The topological polar surface area (TPSA) is 122 Å². The normalized spacial score (nSPS) is 9.81.